The van der Waals surface area contributed by atoms with E-state index in [2.05, 4.69) is 4.52 Å². The first-order valence-electron chi connectivity index (χ1n) is 3.98. The number of hydrogen-bond acceptors (Lipinski definition) is 6. The van der Waals surface area contributed by atoms with Crippen LogP contribution in [0.2, 0.25) is 0 Å². The van der Waals surface area contributed by atoms with E-state index in [0.717, 1.165) is 0 Å². The van der Waals surface area contributed by atoms with Gasteiger partial charge < -0.3 is 34.1 Å². The third-order valence-corrected chi connectivity index (χ3v) is 6.48. The second-order valence-corrected chi connectivity index (χ2v) is 9.37. The van der Waals surface area contributed by atoms with Gasteiger partial charge in [0.1, 0.15) is 6.16 Å². The van der Waals surface area contributed by atoms with E-state index >= 15 is 0 Å². The minimum atomic E-state index is -5.56. The molecule has 0 fully saturated rings. The predicted molar refractivity (Wildman–Crippen MR) is 55.5 cm³/mol. The van der Waals surface area contributed by atoms with Crippen LogP contribution in [0.15, 0.2) is 0 Å². The van der Waals surface area contributed by atoms with E-state index in [0.29, 0.717) is 0 Å². The second kappa shape index (κ2) is 5.13. The van der Waals surface area contributed by atoms with Crippen LogP contribution < -0.4 is 0 Å². The Morgan fingerprint density at radius 3 is 1.78 bits per heavy atom. The summed E-state index contributed by atoms with van der Waals surface area (Å²) in [5, 5.41) is 5.60. The molecule has 0 aromatic heterocycles. The quantitative estimate of drug-likeness (QED) is 0.329. The minimum Gasteiger partial charge on any atom is -0.389 e. The minimum absolute atomic E-state index is 0.249. The first-order valence-corrected chi connectivity index (χ1v) is 8.97. The molecule has 0 aliphatic rings. The molecule has 0 bridgehead atoms. The molecule has 0 saturated heterocycles. The molecule has 0 radical (unpaired) electrons. The van der Waals surface area contributed by atoms with Gasteiger partial charge in [0.2, 0.25) is 0 Å². The number of aliphatic hydroxyl groups is 1. The number of carbonyl (C=O) groups is 1. The van der Waals surface area contributed by atoms with Gasteiger partial charge in [-0.15, -0.1) is 0 Å². The molecule has 6 N–H and O–H groups in total. The second-order valence-electron chi connectivity index (χ2n) is 3.32. The predicted octanol–water partition coefficient (Wildman–Crippen LogP) is -1.26. The Labute approximate surface area is 100 Å². The molecule has 14 heteroatoms. The van der Waals surface area contributed by atoms with Crippen LogP contribution in [0.25, 0.3) is 0 Å². The fourth-order valence-electron chi connectivity index (χ4n) is 0.586. The SMILES string of the molecule is CC(O)(P(=O)(O)O)P(=O)(O)OC(=O)CP(=O)(O)O. The number of hydrogen-bond donors (Lipinski definition) is 6. The van der Waals surface area contributed by atoms with Gasteiger partial charge >= 0.3 is 28.8 Å². The van der Waals surface area contributed by atoms with Crippen molar-refractivity contribution in [1.29, 1.82) is 0 Å². The monoisotopic (exact) mass is 328 g/mol. The van der Waals surface area contributed by atoms with Crippen LogP contribution >= 0.6 is 22.8 Å². The highest BCUT2D eigenvalue weighted by Crippen LogP contribution is 2.69. The number of rotatable bonds is 5. The third-order valence-electron chi connectivity index (χ3n) is 1.65. The molecule has 2 atom stereocenters. The highest BCUT2D eigenvalue weighted by atomic mass is 31.2. The summed E-state index contributed by atoms with van der Waals surface area (Å²) in [6, 6.07) is 0. The lowest BCUT2D eigenvalue weighted by Crippen LogP contribution is -2.27. The van der Waals surface area contributed by atoms with Crippen molar-refractivity contribution in [3.63, 3.8) is 0 Å². The van der Waals surface area contributed by atoms with E-state index in [4.69, 9.17) is 24.5 Å². The molecule has 18 heavy (non-hydrogen) atoms. The topological polar surface area (TPSA) is 199 Å². The van der Waals surface area contributed by atoms with Gasteiger partial charge in [-0.25, -0.2) is 4.57 Å². The van der Waals surface area contributed by atoms with Crippen molar-refractivity contribution in [2.75, 3.05) is 6.16 Å². The molecule has 0 aromatic rings. The summed E-state index contributed by atoms with van der Waals surface area (Å²) < 4.78 is 36.1. The fourth-order valence-corrected chi connectivity index (χ4v) is 3.04. The van der Waals surface area contributed by atoms with Gasteiger partial charge in [-0.3, -0.25) is 13.9 Å². The lowest BCUT2D eigenvalue weighted by atomic mass is 10.8. The zero-order chi connectivity index (χ0) is 15.0. The Balaban J connectivity index is 5.11. The van der Waals surface area contributed by atoms with Crippen LogP contribution in [0.4, 0.5) is 0 Å². The Hall–Kier alpha value is -0.0800. The Morgan fingerprint density at radius 2 is 1.50 bits per heavy atom. The highest BCUT2D eigenvalue weighted by molar-refractivity contribution is 7.72. The molecule has 0 aliphatic heterocycles. The lowest BCUT2D eigenvalue weighted by Gasteiger charge is -2.27. The normalized spacial score (nSPS) is 19.7. The van der Waals surface area contributed by atoms with E-state index in [-0.39, 0.29) is 6.92 Å². The molecule has 0 heterocycles. The van der Waals surface area contributed by atoms with Gasteiger partial charge in [0, 0.05) is 0 Å². The molecule has 0 spiro atoms. The van der Waals surface area contributed by atoms with Crippen LogP contribution in [0.3, 0.4) is 0 Å². The molecule has 0 aromatic carbocycles. The first kappa shape index (κ1) is 17.9. The summed E-state index contributed by atoms with van der Waals surface area (Å²) in [4.78, 5) is 53.9. The van der Waals surface area contributed by atoms with Crippen LogP contribution in [-0.4, -0.2) is 46.8 Å². The molecular weight excluding hydrogens is 317 g/mol. The van der Waals surface area contributed by atoms with Crippen molar-refractivity contribution >= 4 is 28.8 Å². The molecule has 0 saturated carbocycles. The number of carbonyl (C=O) groups excluding carboxylic acids is 1. The maximum atomic E-state index is 11.3. The van der Waals surface area contributed by atoms with Gasteiger partial charge in [0.25, 0.3) is 5.08 Å². The van der Waals surface area contributed by atoms with Crippen LogP contribution in [0.1, 0.15) is 6.92 Å². The zero-order valence-electron chi connectivity index (χ0n) is 8.77. The van der Waals surface area contributed by atoms with Crippen molar-refractivity contribution in [2.24, 2.45) is 0 Å². The molecule has 11 nitrogen and oxygen atoms in total. The molecule has 2 unspecified atom stereocenters. The summed E-state index contributed by atoms with van der Waals surface area (Å²) in [5.41, 5.74) is 0. The Bertz CT molecular complexity index is 467. The Kier molecular flexibility index (Phi) is 5.10. The van der Waals surface area contributed by atoms with Crippen molar-refractivity contribution in [3.8, 4) is 0 Å². The van der Waals surface area contributed by atoms with E-state index in [1.165, 1.54) is 0 Å². The fraction of sp³-hybridized carbons (Fsp3) is 0.750. The van der Waals surface area contributed by atoms with E-state index in [1.807, 2.05) is 0 Å². The van der Waals surface area contributed by atoms with E-state index < -0.39 is 40.0 Å². The summed E-state index contributed by atoms with van der Waals surface area (Å²) in [7, 11) is -16.0. The average molecular weight is 328 g/mol. The average Bonchev–Trinajstić information content (AvgIpc) is 1.95. The Morgan fingerprint density at radius 1 is 1.11 bits per heavy atom. The van der Waals surface area contributed by atoms with Gasteiger partial charge in [0.05, 0.1) is 0 Å². The summed E-state index contributed by atoms with van der Waals surface area (Å²) in [6.07, 6.45) is -1.57. The smallest absolute Gasteiger partial charge is 0.389 e. The maximum Gasteiger partial charge on any atom is 0.422 e. The molecule has 0 amide bonds. The molecule has 0 aliphatic carbocycles. The van der Waals surface area contributed by atoms with Crippen molar-refractivity contribution in [3.05, 3.63) is 0 Å². The first-order chi connectivity index (χ1) is 7.60. The van der Waals surface area contributed by atoms with Gasteiger partial charge in [-0.05, 0) is 6.92 Å². The van der Waals surface area contributed by atoms with E-state index in [1.54, 1.807) is 0 Å². The van der Waals surface area contributed by atoms with Crippen LogP contribution in [0.5, 0.6) is 0 Å². The highest BCUT2D eigenvalue weighted by Gasteiger charge is 2.59. The van der Waals surface area contributed by atoms with Crippen molar-refractivity contribution in [1.82, 2.24) is 0 Å². The van der Waals surface area contributed by atoms with Gasteiger partial charge in [-0.1, -0.05) is 0 Å². The summed E-state index contributed by atoms with van der Waals surface area (Å²) in [5.74, 6) is -1.89. The van der Waals surface area contributed by atoms with Crippen LogP contribution in [-0.2, 0) is 23.0 Å². The van der Waals surface area contributed by atoms with Crippen molar-refractivity contribution < 1.29 is 52.6 Å². The largest absolute Gasteiger partial charge is 0.422 e. The summed E-state index contributed by atoms with van der Waals surface area (Å²) >= 11 is 0. The summed E-state index contributed by atoms with van der Waals surface area (Å²) in [6.45, 7) is 0.249. The van der Waals surface area contributed by atoms with Crippen LogP contribution in [0, 0.1) is 0 Å². The maximum absolute atomic E-state index is 11.3. The van der Waals surface area contributed by atoms with Crippen molar-refractivity contribution in [2.45, 2.75) is 12.0 Å². The molecule has 108 valence electrons. The standard InChI is InChI=1S/C4H11O11P3/c1-4(6,17(10,11)12)18(13,14)15-3(5)2-16(7,8)9/h6H,2H2,1H3,(H,13,14)(H2,7,8,9)(H2,10,11,12). The van der Waals surface area contributed by atoms with E-state index in [9.17, 15) is 23.6 Å². The third kappa shape index (κ3) is 4.55. The van der Waals surface area contributed by atoms with Gasteiger partial charge in [-0.2, -0.15) is 0 Å². The van der Waals surface area contributed by atoms with Gasteiger partial charge in [0.15, 0.2) is 0 Å². The zero-order valence-corrected chi connectivity index (χ0v) is 11.5. The lowest BCUT2D eigenvalue weighted by molar-refractivity contribution is -0.132. The molecule has 0 rings (SSSR count). The molecular formula is C4H11O11P3.